The molecule has 3 rings (SSSR count). The highest BCUT2D eigenvalue weighted by Crippen LogP contribution is 2.27. The third kappa shape index (κ3) is 4.89. The van der Waals surface area contributed by atoms with Gasteiger partial charge >= 0.3 is 0 Å². The molecule has 0 unspecified atom stereocenters. The molecule has 1 N–H and O–H groups in total. The Bertz CT molecular complexity index is 789. The van der Waals surface area contributed by atoms with Crippen molar-refractivity contribution in [3.63, 3.8) is 0 Å². The lowest BCUT2D eigenvalue weighted by atomic mass is 10.1. The molecule has 0 bridgehead atoms. The smallest absolute Gasteiger partial charge is 0.271 e. The van der Waals surface area contributed by atoms with Crippen LogP contribution in [-0.2, 0) is 6.42 Å². The van der Waals surface area contributed by atoms with Gasteiger partial charge in [0, 0.05) is 32.7 Å². The summed E-state index contributed by atoms with van der Waals surface area (Å²) in [4.78, 5) is 25.5. The molecule has 2 heterocycles. The molecule has 150 valence electrons. The van der Waals surface area contributed by atoms with Crippen LogP contribution in [0.3, 0.4) is 0 Å². The number of aromatic nitrogens is 2. The maximum absolute atomic E-state index is 12.3. The van der Waals surface area contributed by atoms with Crippen molar-refractivity contribution >= 4 is 11.7 Å². The van der Waals surface area contributed by atoms with Gasteiger partial charge in [0.15, 0.2) is 11.5 Å². The summed E-state index contributed by atoms with van der Waals surface area (Å²) in [5.74, 6) is 1.95. The van der Waals surface area contributed by atoms with Crippen LogP contribution in [-0.4, -0.2) is 74.8 Å². The number of likely N-dealkylation sites (N-methyl/N-ethyl adjacent to an activating group) is 1. The first-order chi connectivity index (χ1) is 13.6. The van der Waals surface area contributed by atoms with E-state index in [0.29, 0.717) is 30.2 Å². The molecule has 28 heavy (non-hydrogen) atoms. The minimum absolute atomic E-state index is 0.224. The molecule has 2 aromatic rings. The molecule has 0 atom stereocenters. The van der Waals surface area contributed by atoms with E-state index in [1.165, 1.54) is 0 Å². The van der Waals surface area contributed by atoms with Gasteiger partial charge < -0.3 is 24.6 Å². The fourth-order valence-corrected chi connectivity index (χ4v) is 3.08. The van der Waals surface area contributed by atoms with E-state index in [-0.39, 0.29) is 5.91 Å². The lowest BCUT2D eigenvalue weighted by molar-refractivity contribution is 0.0949. The number of anilines is 1. The number of rotatable bonds is 7. The van der Waals surface area contributed by atoms with Crippen molar-refractivity contribution in [2.45, 2.75) is 6.42 Å². The first-order valence-electron chi connectivity index (χ1n) is 9.35. The van der Waals surface area contributed by atoms with Crippen LogP contribution in [0.2, 0.25) is 0 Å². The predicted molar refractivity (Wildman–Crippen MR) is 107 cm³/mol. The molecule has 0 radical (unpaired) electrons. The van der Waals surface area contributed by atoms with Crippen molar-refractivity contribution in [1.29, 1.82) is 0 Å². The highest BCUT2D eigenvalue weighted by Gasteiger charge is 2.16. The summed E-state index contributed by atoms with van der Waals surface area (Å²) in [5, 5.41) is 2.88. The molecule has 8 nitrogen and oxygen atoms in total. The first-order valence-corrected chi connectivity index (χ1v) is 9.35. The second-order valence-corrected chi connectivity index (χ2v) is 6.75. The van der Waals surface area contributed by atoms with Crippen molar-refractivity contribution in [3.05, 3.63) is 41.9 Å². The maximum atomic E-state index is 12.3. The number of nitrogens with zero attached hydrogens (tertiary/aromatic N) is 4. The zero-order chi connectivity index (χ0) is 19.9. The summed E-state index contributed by atoms with van der Waals surface area (Å²) < 4.78 is 10.5. The minimum atomic E-state index is -0.224. The van der Waals surface area contributed by atoms with Crippen LogP contribution >= 0.6 is 0 Å². The van der Waals surface area contributed by atoms with Gasteiger partial charge in [-0.2, -0.15) is 0 Å². The SMILES string of the molecule is COc1ccc(CCNC(=O)c2cnc(N3CCN(C)CC3)cn2)cc1OC. The molecule has 0 spiro atoms. The molecule has 1 aromatic heterocycles. The number of hydrogen-bond acceptors (Lipinski definition) is 7. The van der Waals surface area contributed by atoms with E-state index in [2.05, 4.69) is 32.1 Å². The summed E-state index contributed by atoms with van der Waals surface area (Å²) in [5.41, 5.74) is 1.37. The number of piperazine rings is 1. The lowest BCUT2D eigenvalue weighted by Gasteiger charge is -2.32. The van der Waals surface area contributed by atoms with Gasteiger partial charge in [0.05, 0.1) is 26.6 Å². The van der Waals surface area contributed by atoms with Gasteiger partial charge in [0.25, 0.3) is 5.91 Å². The second kappa shape index (κ2) is 9.36. The van der Waals surface area contributed by atoms with Crippen LogP contribution in [0.4, 0.5) is 5.82 Å². The molecular weight excluding hydrogens is 358 g/mol. The number of amides is 1. The molecule has 0 saturated carbocycles. The van der Waals surface area contributed by atoms with Gasteiger partial charge in [-0.25, -0.2) is 9.97 Å². The molecule has 1 aliphatic heterocycles. The summed E-state index contributed by atoms with van der Waals surface area (Å²) in [6.45, 7) is 4.33. The Kier molecular flexibility index (Phi) is 6.65. The number of carbonyl (C=O) groups is 1. The standard InChI is InChI=1S/C20H27N5O3/c1-24-8-10-25(11-9-24)19-14-22-16(13-23-19)20(26)21-7-6-15-4-5-17(27-2)18(12-15)28-3/h4-5,12-14H,6-11H2,1-3H3,(H,21,26). The Labute approximate surface area is 165 Å². The van der Waals surface area contributed by atoms with Crippen molar-refractivity contribution in [3.8, 4) is 11.5 Å². The quantitative estimate of drug-likeness (QED) is 0.768. The fourth-order valence-electron chi connectivity index (χ4n) is 3.08. The Morgan fingerprint density at radius 1 is 1.07 bits per heavy atom. The van der Waals surface area contributed by atoms with E-state index >= 15 is 0 Å². The maximum Gasteiger partial charge on any atom is 0.271 e. The van der Waals surface area contributed by atoms with Gasteiger partial charge in [-0.05, 0) is 31.2 Å². The van der Waals surface area contributed by atoms with Crippen LogP contribution in [0.1, 0.15) is 16.1 Å². The molecule has 8 heteroatoms. The Hall–Kier alpha value is -2.87. The van der Waals surface area contributed by atoms with Crippen LogP contribution in [0.15, 0.2) is 30.6 Å². The van der Waals surface area contributed by atoms with Gasteiger partial charge in [0.1, 0.15) is 11.5 Å². The van der Waals surface area contributed by atoms with Crippen LogP contribution < -0.4 is 19.7 Å². The molecule has 1 amide bonds. The van der Waals surface area contributed by atoms with Gasteiger partial charge in [-0.15, -0.1) is 0 Å². The van der Waals surface area contributed by atoms with Crippen LogP contribution in [0, 0.1) is 0 Å². The van der Waals surface area contributed by atoms with Gasteiger partial charge in [-0.3, -0.25) is 4.79 Å². The number of ether oxygens (including phenoxy) is 2. The molecular formula is C20H27N5O3. The third-order valence-electron chi connectivity index (χ3n) is 4.85. The summed E-state index contributed by atoms with van der Waals surface area (Å²) in [6, 6.07) is 5.73. The van der Waals surface area contributed by atoms with E-state index in [9.17, 15) is 4.79 Å². The summed E-state index contributed by atoms with van der Waals surface area (Å²) >= 11 is 0. The molecule has 1 aromatic carbocycles. The normalized spacial score (nSPS) is 14.6. The van der Waals surface area contributed by atoms with E-state index in [1.807, 2.05) is 18.2 Å². The number of hydrogen-bond donors (Lipinski definition) is 1. The summed E-state index contributed by atoms with van der Waals surface area (Å²) in [6.07, 6.45) is 3.90. The number of methoxy groups -OCH3 is 2. The zero-order valence-corrected chi connectivity index (χ0v) is 16.6. The van der Waals surface area contributed by atoms with Crippen molar-refractivity contribution in [2.24, 2.45) is 0 Å². The van der Waals surface area contributed by atoms with E-state index < -0.39 is 0 Å². The van der Waals surface area contributed by atoms with E-state index in [0.717, 1.165) is 37.6 Å². The first kappa shape index (κ1) is 19.9. The third-order valence-corrected chi connectivity index (χ3v) is 4.85. The minimum Gasteiger partial charge on any atom is -0.493 e. The largest absolute Gasteiger partial charge is 0.493 e. The van der Waals surface area contributed by atoms with Crippen molar-refractivity contribution in [1.82, 2.24) is 20.2 Å². The second-order valence-electron chi connectivity index (χ2n) is 6.75. The van der Waals surface area contributed by atoms with Gasteiger partial charge in [-0.1, -0.05) is 6.07 Å². The number of benzene rings is 1. The van der Waals surface area contributed by atoms with Gasteiger partial charge in [0.2, 0.25) is 0 Å². The van der Waals surface area contributed by atoms with Crippen LogP contribution in [0.5, 0.6) is 11.5 Å². The van der Waals surface area contributed by atoms with E-state index in [1.54, 1.807) is 26.6 Å². The van der Waals surface area contributed by atoms with E-state index in [4.69, 9.17) is 9.47 Å². The Morgan fingerprint density at radius 3 is 2.46 bits per heavy atom. The zero-order valence-electron chi connectivity index (χ0n) is 16.6. The number of carbonyl (C=O) groups excluding carboxylic acids is 1. The average Bonchev–Trinajstić information content (AvgIpc) is 2.74. The van der Waals surface area contributed by atoms with Crippen molar-refractivity contribution < 1.29 is 14.3 Å². The highest BCUT2D eigenvalue weighted by molar-refractivity contribution is 5.92. The monoisotopic (exact) mass is 385 g/mol. The fraction of sp³-hybridized carbons (Fsp3) is 0.450. The average molecular weight is 385 g/mol. The molecule has 0 aliphatic carbocycles. The lowest BCUT2D eigenvalue weighted by Crippen LogP contribution is -2.44. The molecule has 1 saturated heterocycles. The summed E-state index contributed by atoms with van der Waals surface area (Å²) in [7, 11) is 5.32. The topological polar surface area (TPSA) is 79.8 Å². The number of nitrogens with one attached hydrogen (secondary N) is 1. The Morgan fingerprint density at radius 2 is 1.82 bits per heavy atom. The molecule has 1 fully saturated rings. The molecule has 1 aliphatic rings. The predicted octanol–water partition coefficient (Wildman–Crippen LogP) is 1.22. The Balaban J connectivity index is 1.51. The van der Waals surface area contributed by atoms with Crippen molar-refractivity contribution in [2.75, 3.05) is 58.9 Å². The highest BCUT2D eigenvalue weighted by atomic mass is 16.5. The van der Waals surface area contributed by atoms with Crippen LogP contribution in [0.25, 0.3) is 0 Å².